The van der Waals surface area contributed by atoms with Gasteiger partial charge in [-0.2, -0.15) is 5.10 Å². The quantitative estimate of drug-likeness (QED) is 0.602. The number of rotatable bonds is 7. The monoisotopic (exact) mass is 245 g/mol. The normalized spacial score (nSPS) is 12.7. The van der Waals surface area contributed by atoms with Gasteiger partial charge >= 0.3 is 0 Å². The molecule has 2 aromatic heterocycles. The average Bonchev–Trinajstić information content (AvgIpc) is 2.82. The standard InChI is InChI=1S/C14H19N3O/c1-2-3-4-5-6-7-14(18)12-10-16-17-9-8-15-11-13(12)17/h2,8-11,14,18H,1,3-7H2. The number of aliphatic hydroxyl groups excluding tert-OH is 1. The highest BCUT2D eigenvalue weighted by molar-refractivity contribution is 5.52. The molecule has 0 fully saturated rings. The number of aromatic nitrogens is 3. The summed E-state index contributed by atoms with van der Waals surface area (Å²) in [6.45, 7) is 3.70. The van der Waals surface area contributed by atoms with Crippen LogP contribution in [0.2, 0.25) is 0 Å². The Morgan fingerprint density at radius 2 is 2.22 bits per heavy atom. The number of fused-ring (bicyclic) bond motifs is 1. The van der Waals surface area contributed by atoms with Crippen molar-refractivity contribution in [2.24, 2.45) is 0 Å². The number of hydrogen-bond donors (Lipinski definition) is 1. The fraction of sp³-hybridized carbons (Fsp3) is 0.429. The van der Waals surface area contributed by atoms with Crippen LogP contribution in [0.25, 0.3) is 5.52 Å². The summed E-state index contributed by atoms with van der Waals surface area (Å²) in [5, 5.41) is 14.4. The van der Waals surface area contributed by atoms with Crippen molar-refractivity contribution < 1.29 is 5.11 Å². The lowest BCUT2D eigenvalue weighted by atomic mass is 10.0. The summed E-state index contributed by atoms with van der Waals surface area (Å²) in [6, 6.07) is 0. The SMILES string of the molecule is C=CCCCCCC(O)c1cnn2ccncc12. The zero-order chi connectivity index (χ0) is 12.8. The fourth-order valence-corrected chi connectivity index (χ4v) is 2.07. The van der Waals surface area contributed by atoms with Crippen molar-refractivity contribution in [3.8, 4) is 0 Å². The van der Waals surface area contributed by atoms with Gasteiger partial charge in [-0.25, -0.2) is 4.52 Å². The summed E-state index contributed by atoms with van der Waals surface area (Å²) in [5.41, 5.74) is 1.75. The Morgan fingerprint density at radius 1 is 1.33 bits per heavy atom. The number of unbranched alkanes of at least 4 members (excludes halogenated alkanes) is 3. The molecule has 0 aliphatic carbocycles. The van der Waals surface area contributed by atoms with Crippen LogP contribution in [0.1, 0.15) is 43.8 Å². The van der Waals surface area contributed by atoms with Gasteiger partial charge in [-0.05, 0) is 19.3 Å². The molecule has 0 bridgehead atoms. The molecular weight excluding hydrogens is 226 g/mol. The van der Waals surface area contributed by atoms with E-state index < -0.39 is 6.10 Å². The molecule has 0 radical (unpaired) electrons. The van der Waals surface area contributed by atoms with Crippen LogP contribution < -0.4 is 0 Å². The van der Waals surface area contributed by atoms with E-state index in [0.29, 0.717) is 0 Å². The van der Waals surface area contributed by atoms with Crippen molar-refractivity contribution >= 4 is 5.52 Å². The third kappa shape index (κ3) is 2.96. The Labute approximate surface area is 107 Å². The fourth-order valence-electron chi connectivity index (χ4n) is 2.07. The van der Waals surface area contributed by atoms with Crippen molar-refractivity contribution in [3.63, 3.8) is 0 Å². The highest BCUT2D eigenvalue weighted by Gasteiger charge is 2.12. The predicted molar refractivity (Wildman–Crippen MR) is 71.2 cm³/mol. The largest absolute Gasteiger partial charge is 0.388 e. The molecule has 0 amide bonds. The van der Waals surface area contributed by atoms with E-state index in [1.165, 1.54) is 0 Å². The van der Waals surface area contributed by atoms with E-state index >= 15 is 0 Å². The van der Waals surface area contributed by atoms with Crippen molar-refractivity contribution in [2.75, 3.05) is 0 Å². The van der Waals surface area contributed by atoms with Gasteiger partial charge < -0.3 is 5.11 Å². The molecule has 1 unspecified atom stereocenters. The molecule has 4 heteroatoms. The molecule has 96 valence electrons. The minimum atomic E-state index is -0.449. The smallest absolute Gasteiger partial charge is 0.0902 e. The molecule has 0 aromatic carbocycles. The van der Waals surface area contributed by atoms with E-state index in [0.717, 1.165) is 43.2 Å². The first kappa shape index (κ1) is 12.8. The second kappa shape index (κ2) is 6.31. The van der Waals surface area contributed by atoms with Crippen LogP contribution in [-0.2, 0) is 0 Å². The molecule has 18 heavy (non-hydrogen) atoms. The molecule has 2 heterocycles. The van der Waals surface area contributed by atoms with Crippen LogP contribution >= 0.6 is 0 Å². The van der Waals surface area contributed by atoms with E-state index in [2.05, 4.69) is 16.7 Å². The van der Waals surface area contributed by atoms with Crippen LogP contribution in [0, 0.1) is 0 Å². The van der Waals surface area contributed by atoms with Gasteiger partial charge in [0.05, 0.1) is 24.0 Å². The van der Waals surface area contributed by atoms with Gasteiger partial charge in [-0.3, -0.25) is 4.98 Å². The summed E-state index contributed by atoms with van der Waals surface area (Å²) >= 11 is 0. The summed E-state index contributed by atoms with van der Waals surface area (Å²) < 4.78 is 1.74. The zero-order valence-electron chi connectivity index (χ0n) is 10.5. The van der Waals surface area contributed by atoms with E-state index in [1.54, 1.807) is 29.3 Å². The Hall–Kier alpha value is -1.68. The average molecular weight is 245 g/mol. The zero-order valence-corrected chi connectivity index (χ0v) is 10.5. The number of nitrogens with zero attached hydrogens (tertiary/aromatic N) is 3. The second-order valence-corrected chi connectivity index (χ2v) is 4.45. The molecular formula is C14H19N3O. The van der Waals surface area contributed by atoms with Crippen LogP contribution in [0.5, 0.6) is 0 Å². The first-order valence-corrected chi connectivity index (χ1v) is 6.39. The lowest BCUT2D eigenvalue weighted by Crippen LogP contribution is -1.97. The molecule has 0 saturated carbocycles. The van der Waals surface area contributed by atoms with Crippen LogP contribution in [0.15, 0.2) is 37.4 Å². The Balaban J connectivity index is 1.92. The van der Waals surface area contributed by atoms with E-state index in [9.17, 15) is 5.11 Å². The molecule has 2 aromatic rings. The summed E-state index contributed by atoms with van der Waals surface area (Å²) in [7, 11) is 0. The molecule has 0 saturated heterocycles. The third-order valence-electron chi connectivity index (χ3n) is 3.10. The van der Waals surface area contributed by atoms with Gasteiger partial charge in [0.1, 0.15) is 0 Å². The van der Waals surface area contributed by atoms with E-state index in [-0.39, 0.29) is 0 Å². The van der Waals surface area contributed by atoms with Gasteiger partial charge in [-0.15, -0.1) is 6.58 Å². The topological polar surface area (TPSA) is 50.4 Å². The van der Waals surface area contributed by atoms with Gasteiger partial charge in [0.15, 0.2) is 0 Å². The first-order valence-electron chi connectivity index (χ1n) is 6.39. The highest BCUT2D eigenvalue weighted by Crippen LogP contribution is 2.23. The number of hydrogen-bond acceptors (Lipinski definition) is 3. The molecule has 2 rings (SSSR count). The number of aliphatic hydroxyl groups is 1. The summed E-state index contributed by atoms with van der Waals surface area (Å²) in [5.74, 6) is 0. The minimum absolute atomic E-state index is 0.449. The third-order valence-corrected chi connectivity index (χ3v) is 3.10. The maximum absolute atomic E-state index is 10.2. The maximum Gasteiger partial charge on any atom is 0.0902 e. The van der Waals surface area contributed by atoms with E-state index in [4.69, 9.17) is 0 Å². The summed E-state index contributed by atoms with van der Waals surface area (Å²) in [6.07, 6.45) is 13.5. The van der Waals surface area contributed by atoms with Gasteiger partial charge in [-0.1, -0.05) is 18.9 Å². The van der Waals surface area contributed by atoms with Crippen molar-refractivity contribution in [1.82, 2.24) is 14.6 Å². The Kier molecular flexibility index (Phi) is 4.47. The van der Waals surface area contributed by atoms with E-state index in [1.807, 2.05) is 6.08 Å². The maximum atomic E-state index is 10.2. The van der Waals surface area contributed by atoms with Gasteiger partial charge in [0.25, 0.3) is 0 Å². The van der Waals surface area contributed by atoms with Crippen LogP contribution in [-0.4, -0.2) is 19.7 Å². The molecule has 0 aliphatic rings. The Bertz CT molecular complexity index is 506. The molecule has 0 aliphatic heterocycles. The molecule has 1 N–H and O–H groups in total. The minimum Gasteiger partial charge on any atom is -0.388 e. The van der Waals surface area contributed by atoms with Crippen LogP contribution in [0.3, 0.4) is 0 Å². The highest BCUT2D eigenvalue weighted by atomic mass is 16.3. The molecule has 4 nitrogen and oxygen atoms in total. The second-order valence-electron chi connectivity index (χ2n) is 4.45. The molecule has 1 atom stereocenters. The Morgan fingerprint density at radius 3 is 3.06 bits per heavy atom. The van der Waals surface area contributed by atoms with Crippen molar-refractivity contribution in [1.29, 1.82) is 0 Å². The van der Waals surface area contributed by atoms with Crippen molar-refractivity contribution in [3.05, 3.63) is 43.0 Å². The van der Waals surface area contributed by atoms with Gasteiger partial charge in [0.2, 0.25) is 0 Å². The molecule has 0 spiro atoms. The first-order chi connectivity index (χ1) is 8.83. The predicted octanol–water partition coefficient (Wildman–Crippen LogP) is 2.90. The lowest BCUT2D eigenvalue weighted by molar-refractivity contribution is 0.165. The van der Waals surface area contributed by atoms with Crippen LogP contribution in [0.4, 0.5) is 0 Å². The van der Waals surface area contributed by atoms with Gasteiger partial charge in [0, 0.05) is 18.0 Å². The number of allylic oxidation sites excluding steroid dienone is 1. The summed E-state index contributed by atoms with van der Waals surface area (Å²) in [4.78, 5) is 4.07. The van der Waals surface area contributed by atoms with Crippen molar-refractivity contribution in [2.45, 2.75) is 38.2 Å². The lowest BCUT2D eigenvalue weighted by Gasteiger charge is -2.08.